The number of rotatable bonds is 2. The highest BCUT2D eigenvalue weighted by Crippen LogP contribution is 2.66. The second-order valence-corrected chi connectivity index (χ2v) is 9.54. The second-order valence-electron chi connectivity index (χ2n) is 9.54. The second kappa shape index (κ2) is 5.71. The number of carbonyl (C=O) groups excluding carboxylic acids is 2. The molecule has 0 spiro atoms. The number of hydrogen-bond donors (Lipinski definition) is 0. The number of aryl methyl sites for hydroxylation is 1. The molecule has 2 unspecified atom stereocenters. The summed E-state index contributed by atoms with van der Waals surface area (Å²) in [5.74, 6) is 0.767. The van der Waals surface area contributed by atoms with Crippen LogP contribution in [0.2, 0.25) is 0 Å². The van der Waals surface area contributed by atoms with Crippen molar-refractivity contribution in [1.82, 2.24) is 0 Å². The molecule has 1 aromatic rings. The minimum Gasteiger partial charge on any atom is -0.472 e. The Morgan fingerprint density at radius 3 is 2.65 bits per heavy atom. The molecule has 4 heteroatoms. The lowest BCUT2D eigenvalue weighted by atomic mass is 9.40. The Hall–Kier alpha value is -1.58. The summed E-state index contributed by atoms with van der Waals surface area (Å²) in [6.45, 7) is 8.47. The Morgan fingerprint density at radius 1 is 1.15 bits per heavy atom. The molecule has 5 atom stereocenters. The third-order valence-corrected chi connectivity index (χ3v) is 8.25. The molecule has 142 valence electrons. The first kappa shape index (κ1) is 17.8. The van der Waals surface area contributed by atoms with Gasteiger partial charge in [-0.05, 0) is 72.8 Å². The summed E-state index contributed by atoms with van der Waals surface area (Å²) in [4.78, 5) is 24.3. The molecular weight excluding hydrogens is 328 g/mol. The Labute approximate surface area is 155 Å². The molecule has 3 aliphatic rings. The summed E-state index contributed by atoms with van der Waals surface area (Å²) < 4.78 is 10.9. The Balaban J connectivity index is 1.73. The predicted octanol–water partition coefficient (Wildman–Crippen LogP) is 4.45. The number of hydrogen-bond acceptors (Lipinski definition) is 4. The average molecular weight is 358 g/mol. The van der Waals surface area contributed by atoms with Gasteiger partial charge in [-0.25, -0.2) is 0 Å². The molecule has 0 amide bonds. The molecule has 3 aliphatic carbocycles. The minimum absolute atomic E-state index is 0.0881. The van der Waals surface area contributed by atoms with Gasteiger partial charge in [0.05, 0.1) is 17.9 Å². The third kappa shape index (κ3) is 2.26. The van der Waals surface area contributed by atoms with Crippen LogP contribution in [0.3, 0.4) is 0 Å². The standard InChI is InChI=1S/C22H30O4/c1-14(23)26-13-22(4)18-7-9-20(2)16-12-25-11-15(16)5-6-17(20)21(18,3)10-8-19(22)24/h11-12,17-18H,5-10,13H2,1-4H3/t17?,18?,20-,21+,22+/m0/s1. The molecule has 0 aliphatic heterocycles. The number of Topliss-reactive ketones (excluding diaryl/α,β-unsaturated/α-hetero) is 1. The van der Waals surface area contributed by atoms with Crippen LogP contribution < -0.4 is 0 Å². The fourth-order valence-electron chi connectivity index (χ4n) is 6.90. The van der Waals surface area contributed by atoms with Gasteiger partial charge >= 0.3 is 5.97 Å². The Morgan fingerprint density at radius 2 is 1.92 bits per heavy atom. The van der Waals surface area contributed by atoms with Gasteiger partial charge in [-0.3, -0.25) is 9.59 Å². The van der Waals surface area contributed by atoms with Crippen molar-refractivity contribution < 1.29 is 18.7 Å². The summed E-state index contributed by atoms with van der Waals surface area (Å²) in [5.41, 5.74) is 2.39. The van der Waals surface area contributed by atoms with Crippen molar-refractivity contribution in [1.29, 1.82) is 0 Å². The summed E-state index contributed by atoms with van der Waals surface area (Å²) >= 11 is 0. The minimum atomic E-state index is -0.559. The van der Waals surface area contributed by atoms with Gasteiger partial charge < -0.3 is 9.15 Å². The molecule has 4 rings (SSSR count). The van der Waals surface area contributed by atoms with E-state index in [1.807, 2.05) is 19.5 Å². The fraction of sp³-hybridized carbons (Fsp3) is 0.727. The Bertz CT molecular complexity index is 749. The molecular formula is C22H30O4. The van der Waals surface area contributed by atoms with Crippen LogP contribution >= 0.6 is 0 Å². The van der Waals surface area contributed by atoms with Crippen LogP contribution in [0.5, 0.6) is 0 Å². The quantitative estimate of drug-likeness (QED) is 0.733. The maximum absolute atomic E-state index is 12.9. The summed E-state index contributed by atoms with van der Waals surface area (Å²) in [7, 11) is 0. The van der Waals surface area contributed by atoms with Gasteiger partial charge in [-0.1, -0.05) is 13.8 Å². The van der Waals surface area contributed by atoms with Crippen molar-refractivity contribution in [3.05, 3.63) is 23.7 Å². The van der Waals surface area contributed by atoms with Crippen LogP contribution in [-0.4, -0.2) is 18.4 Å². The zero-order valence-corrected chi connectivity index (χ0v) is 16.4. The molecule has 0 saturated heterocycles. The van der Waals surface area contributed by atoms with Crippen molar-refractivity contribution >= 4 is 11.8 Å². The maximum atomic E-state index is 12.9. The van der Waals surface area contributed by atoms with Gasteiger partial charge in [0, 0.05) is 13.3 Å². The van der Waals surface area contributed by atoms with E-state index < -0.39 is 5.41 Å². The van der Waals surface area contributed by atoms with E-state index in [9.17, 15) is 9.59 Å². The van der Waals surface area contributed by atoms with Crippen LogP contribution in [0.1, 0.15) is 70.9 Å². The number of esters is 1. The predicted molar refractivity (Wildman–Crippen MR) is 97.7 cm³/mol. The van der Waals surface area contributed by atoms with Crippen LogP contribution in [-0.2, 0) is 26.2 Å². The number of furan rings is 1. The SMILES string of the molecule is CC(=O)OC[C@@]1(C)C(=O)CC[C@@]2(C)C1CC[C@@]1(C)c3cocc3CCC21. The molecule has 26 heavy (non-hydrogen) atoms. The highest BCUT2D eigenvalue weighted by molar-refractivity contribution is 5.86. The van der Waals surface area contributed by atoms with Gasteiger partial charge in [0.25, 0.3) is 0 Å². The summed E-state index contributed by atoms with van der Waals surface area (Å²) in [5, 5.41) is 0. The van der Waals surface area contributed by atoms with Crippen LogP contribution in [0, 0.1) is 22.7 Å². The van der Waals surface area contributed by atoms with E-state index in [4.69, 9.17) is 9.15 Å². The van der Waals surface area contributed by atoms with E-state index in [1.54, 1.807) is 0 Å². The Kier molecular flexibility index (Phi) is 3.91. The molecule has 0 N–H and O–H groups in total. The van der Waals surface area contributed by atoms with Crippen molar-refractivity contribution in [2.24, 2.45) is 22.7 Å². The highest BCUT2D eigenvalue weighted by Gasteiger charge is 2.63. The molecule has 1 aromatic heterocycles. The zero-order chi connectivity index (χ0) is 18.7. The summed E-state index contributed by atoms with van der Waals surface area (Å²) in [6.07, 6.45) is 9.68. The zero-order valence-electron chi connectivity index (χ0n) is 16.4. The number of carbonyl (C=O) groups is 2. The van der Waals surface area contributed by atoms with E-state index in [-0.39, 0.29) is 35.1 Å². The average Bonchev–Trinajstić information content (AvgIpc) is 3.07. The lowest BCUT2D eigenvalue weighted by Crippen LogP contribution is -2.61. The van der Waals surface area contributed by atoms with Gasteiger partial charge in [0.1, 0.15) is 12.4 Å². The maximum Gasteiger partial charge on any atom is 0.302 e. The van der Waals surface area contributed by atoms with Crippen LogP contribution in [0.25, 0.3) is 0 Å². The van der Waals surface area contributed by atoms with E-state index in [0.717, 1.165) is 32.1 Å². The molecule has 4 nitrogen and oxygen atoms in total. The number of ketones is 1. The van der Waals surface area contributed by atoms with Crippen molar-refractivity contribution in [3.8, 4) is 0 Å². The van der Waals surface area contributed by atoms with Gasteiger partial charge in [-0.15, -0.1) is 0 Å². The molecule has 1 heterocycles. The lowest BCUT2D eigenvalue weighted by Gasteiger charge is -2.63. The molecule has 2 fully saturated rings. The fourth-order valence-corrected chi connectivity index (χ4v) is 6.90. The van der Waals surface area contributed by atoms with Gasteiger partial charge in [0.2, 0.25) is 0 Å². The van der Waals surface area contributed by atoms with E-state index in [0.29, 0.717) is 12.3 Å². The topological polar surface area (TPSA) is 56.5 Å². The van der Waals surface area contributed by atoms with Gasteiger partial charge in [-0.2, -0.15) is 0 Å². The van der Waals surface area contributed by atoms with Crippen molar-refractivity contribution in [3.63, 3.8) is 0 Å². The summed E-state index contributed by atoms with van der Waals surface area (Å²) in [6, 6.07) is 0. The molecule has 0 aromatic carbocycles. The smallest absolute Gasteiger partial charge is 0.302 e. The largest absolute Gasteiger partial charge is 0.472 e. The van der Waals surface area contributed by atoms with Gasteiger partial charge in [0.15, 0.2) is 0 Å². The van der Waals surface area contributed by atoms with E-state index >= 15 is 0 Å². The lowest BCUT2D eigenvalue weighted by molar-refractivity contribution is -0.170. The normalized spacial score (nSPS) is 41.8. The van der Waals surface area contributed by atoms with E-state index in [1.165, 1.54) is 18.1 Å². The van der Waals surface area contributed by atoms with Crippen LogP contribution in [0.4, 0.5) is 0 Å². The first-order chi connectivity index (χ1) is 12.2. The number of ether oxygens (including phenoxy) is 1. The van der Waals surface area contributed by atoms with Crippen LogP contribution in [0.15, 0.2) is 16.9 Å². The molecule has 2 saturated carbocycles. The number of fused-ring (bicyclic) bond motifs is 5. The van der Waals surface area contributed by atoms with Crippen molar-refractivity contribution in [2.45, 2.75) is 71.6 Å². The van der Waals surface area contributed by atoms with Crippen molar-refractivity contribution in [2.75, 3.05) is 6.61 Å². The highest BCUT2D eigenvalue weighted by atomic mass is 16.5. The first-order valence-corrected chi connectivity index (χ1v) is 9.94. The molecule has 0 bridgehead atoms. The first-order valence-electron chi connectivity index (χ1n) is 9.94. The monoisotopic (exact) mass is 358 g/mol. The molecule has 0 radical (unpaired) electrons. The van der Waals surface area contributed by atoms with E-state index in [2.05, 4.69) is 13.8 Å². The third-order valence-electron chi connectivity index (χ3n) is 8.25.